The van der Waals surface area contributed by atoms with E-state index in [1.165, 1.54) is 0 Å². The molecule has 0 saturated carbocycles. The van der Waals surface area contributed by atoms with Gasteiger partial charge in [0.05, 0.1) is 19.8 Å². The first-order valence-electron chi connectivity index (χ1n) is 10.0. The van der Waals surface area contributed by atoms with Crippen LogP contribution in [0, 0.1) is 17.8 Å². The Labute approximate surface area is 179 Å². The molecule has 0 aliphatic rings. The smallest absolute Gasteiger partial charge is 0.345 e. The molecule has 162 valence electrons. The van der Waals surface area contributed by atoms with E-state index in [0.717, 1.165) is 5.19 Å². The molecule has 0 saturated heterocycles. The molecule has 1 aromatic carbocycles. The van der Waals surface area contributed by atoms with Crippen molar-refractivity contribution in [2.75, 3.05) is 19.8 Å². The SMILES string of the molecule is CCOC(=O)/C(C#CCC(C(=O)OCC)C(=O)OCC)=C/[Si](C)(C)c1ccccc1. The number of ether oxygens (including phenoxy) is 3. The standard InChI is InChI=1S/C23H30O6Si/c1-6-27-21(24)18(17-30(4,5)19-14-10-9-11-15-19)13-12-16-20(22(25)28-7-2)23(26)29-8-3/h9-11,14-15,17,20H,6-8,16H2,1-5H3/b18-17+. The first-order chi connectivity index (χ1) is 14.3. The van der Waals surface area contributed by atoms with Crippen LogP contribution in [0.3, 0.4) is 0 Å². The molecule has 30 heavy (non-hydrogen) atoms. The fourth-order valence-electron chi connectivity index (χ4n) is 2.66. The predicted molar refractivity (Wildman–Crippen MR) is 117 cm³/mol. The Kier molecular flexibility index (Phi) is 10.6. The fourth-order valence-corrected chi connectivity index (χ4v) is 4.79. The average molecular weight is 431 g/mol. The lowest BCUT2D eigenvalue weighted by molar-refractivity contribution is -0.161. The van der Waals surface area contributed by atoms with E-state index in [1.807, 2.05) is 36.0 Å². The molecule has 0 unspecified atom stereocenters. The maximum Gasteiger partial charge on any atom is 0.345 e. The number of carbonyl (C=O) groups is 3. The number of benzene rings is 1. The molecule has 0 fully saturated rings. The molecule has 0 bridgehead atoms. The van der Waals surface area contributed by atoms with Crippen LogP contribution >= 0.6 is 0 Å². The summed E-state index contributed by atoms with van der Waals surface area (Å²) in [5, 5.41) is 1.14. The van der Waals surface area contributed by atoms with Gasteiger partial charge in [0.15, 0.2) is 5.92 Å². The summed E-state index contributed by atoms with van der Waals surface area (Å²) in [4.78, 5) is 36.6. The van der Waals surface area contributed by atoms with Gasteiger partial charge in [-0.3, -0.25) is 9.59 Å². The summed E-state index contributed by atoms with van der Waals surface area (Å²) in [6, 6.07) is 9.90. The zero-order chi connectivity index (χ0) is 22.6. The van der Waals surface area contributed by atoms with Gasteiger partial charge < -0.3 is 14.2 Å². The van der Waals surface area contributed by atoms with Crippen molar-refractivity contribution in [2.45, 2.75) is 40.3 Å². The van der Waals surface area contributed by atoms with Crippen LogP contribution in [0.4, 0.5) is 0 Å². The topological polar surface area (TPSA) is 78.9 Å². The van der Waals surface area contributed by atoms with Crippen molar-refractivity contribution in [3.05, 3.63) is 41.6 Å². The molecule has 1 aromatic rings. The first kappa shape index (κ1) is 25.2. The highest BCUT2D eigenvalue weighted by Crippen LogP contribution is 2.12. The van der Waals surface area contributed by atoms with Gasteiger partial charge in [-0.15, -0.1) is 0 Å². The van der Waals surface area contributed by atoms with Gasteiger partial charge >= 0.3 is 17.9 Å². The first-order valence-corrected chi connectivity index (χ1v) is 13.1. The Morgan fingerprint density at radius 3 is 1.97 bits per heavy atom. The molecular formula is C23H30O6Si. The van der Waals surface area contributed by atoms with Gasteiger partial charge in [-0.1, -0.05) is 66.2 Å². The summed E-state index contributed by atoms with van der Waals surface area (Å²) in [7, 11) is -2.13. The molecule has 0 aliphatic carbocycles. The molecule has 0 N–H and O–H groups in total. The van der Waals surface area contributed by atoms with Gasteiger partial charge in [-0.2, -0.15) is 0 Å². The summed E-state index contributed by atoms with van der Waals surface area (Å²) in [6.45, 7) is 9.75. The van der Waals surface area contributed by atoms with Crippen molar-refractivity contribution in [3.63, 3.8) is 0 Å². The highest BCUT2D eigenvalue weighted by atomic mass is 28.3. The lowest BCUT2D eigenvalue weighted by Gasteiger charge is -2.19. The van der Waals surface area contributed by atoms with Crippen LogP contribution < -0.4 is 5.19 Å². The molecule has 1 rings (SSSR count). The summed E-state index contributed by atoms with van der Waals surface area (Å²) >= 11 is 0. The van der Waals surface area contributed by atoms with Gasteiger partial charge in [0, 0.05) is 6.42 Å². The third-order valence-electron chi connectivity index (χ3n) is 4.19. The minimum absolute atomic E-state index is 0.109. The number of hydrogen-bond donors (Lipinski definition) is 0. The average Bonchev–Trinajstić information content (AvgIpc) is 2.71. The Morgan fingerprint density at radius 2 is 1.47 bits per heavy atom. The molecule has 0 aliphatic heterocycles. The molecule has 0 aromatic heterocycles. The quantitative estimate of drug-likeness (QED) is 0.150. The molecule has 0 radical (unpaired) electrons. The molecule has 6 nitrogen and oxygen atoms in total. The van der Waals surface area contributed by atoms with E-state index in [9.17, 15) is 14.4 Å². The highest BCUT2D eigenvalue weighted by molar-refractivity contribution is 6.94. The van der Waals surface area contributed by atoms with E-state index in [1.54, 1.807) is 20.8 Å². The summed E-state index contributed by atoms with van der Waals surface area (Å²) < 4.78 is 15.0. The van der Waals surface area contributed by atoms with Crippen LogP contribution in [0.5, 0.6) is 0 Å². The zero-order valence-corrected chi connectivity index (χ0v) is 19.3. The Morgan fingerprint density at radius 1 is 0.933 bits per heavy atom. The monoisotopic (exact) mass is 430 g/mol. The molecule has 0 heterocycles. The van der Waals surface area contributed by atoms with Crippen LogP contribution in [0.15, 0.2) is 41.6 Å². The van der Waals surface area contributed by atoms with Crippen LogP contribution in [-0.2, 0) is 28.6 Å². The Balaban J connectivity index is 3.19. The van der Waals surface area contributed by atoms with Gasteiger partial charge in [0.25, 0.3) is 0 Å². The predicted octanol–water partition coefficient (Wildman–Crippen LogP) is 2.77. The van der Waals surface area contributed by atoms with Crippen LogP contribution in [0.25, 0.3) is 0 Å². The van der Waals surface area contributed by atoms with Crippen molar-refractivity contribution < 1.29 is 28.6 Å². The minimum atomic E-state index is -2.13. The maximum atomic E-state index is 12.4. The highest BCUT2D eigenvalue weighted by Gasteiger charge is 2.29. The summed E-state index contributed by atoms with van der Waals surface area (Å²) in [5.74, 6) is 2.54. The van der Waals surface area contributed by atoms with Gasteiger partial charge in [-0.25, -0.2) is 4.79 Å². The van der Waals surface area contributed by atoms with E-state index in [-0.39, 0.29) is 31.8 Å². The van der Waals surface area contributed by atoms with E-state index >= 15 is 0 Å². The van der Waals surface area contributed by atoms with Crippen molar-refractivity contribution in [2.24, 2.45) is 5.92 Å². The van der Waals surface area contributed by atoms with Crippen molar-refractivity contribution >= 4 is 31.2 Å². The second kappa shape index (κ2) is 12.7. The molecule has 0 atom stereocenters. The van der Waals surface area contributed by atoms with E-state index in [2.05, 4.69) is 24.9 Å². The fraction of sp³-hybridized carbons (Fsp3) is 0.435. The normalized spacial score (nSPS) is 11.3. The van der Waals surface area contributed by atoms with Gasteiger partial charge in [0.2, 0.25) is 0 Å². The van der Waals surface area contributed by atoms with Gasteiger partial charge in [0.1, 0.15) is 13.6 Å². The maximum absolute atomic E-state index is 12.4. The van der Waals surface area contributed by atoms with Crippen LogP contribution in [-0.4, -0.2) is 45.8 Å². The number of rotatable bonds is 9. The minimum Gasteiger partial charge on any atom is -0.465 e. The number of hydrogen-bond acceptors (Lipinski definition) is 6. The number of esters is 3. The lowest BCUT2D eigenvalue weighted by Crippen LogP contribution is -2.40. The third kappa shape index (κ3) is 7.88. The Hall–Kier alpha value is -2.85. The van der Waals surface area contributed by atoms with Crippen molar-refractivity contribution in [1.29, 1.82) is 0 Å². The molecular weight excluding hydrogens is 400 g/mol. The summed E-state index contributed by atoms with van der Waals surface area (Å²) in [6.07, 6.45) is -0.109. The number of carbonyl (C=O) groups excluding carboxylic acids is 3. The molecule has 7 heteroatoms. The second-order valence-corrected chi connectivity index (χ2v) is 11.2. The van der Waals surface area contributed by atoms with Crippen molar-refractivity contribution in [1.82, 2.24) is 0 Å². The van der Waals surface area contributed by atoms with E-state index < -0.39 is 31.9 Å². The van der Waals surface area contributed by atoms with E-state index in [4.69, 9.17) is 14.2 Å². The zero-order valence-electron chi connectivity index (χ0n) is 18.3. The lowest BCUT2D eigenvalue weighted by atomic mass is 10.1. The summed E-state index contributed by atoms with van der Waals surface area (Å²) in [5.41, 5.74) is 2.10. The van der Waals surface area contributed by atoms with E-state index in [0.29, 0.717) is 0 Å². The second-order valence-electron chi connectivity index (χ2n) is 6.93. The van der Waals surface area contributed by atoms with Gasteiger partial charge in [-0.05, 0) is 20.8 Å². The third-order valence-corrected chi connectivity index (χ3v) is 7.02. The Bertz CT molecular complexity index is 799. The molecule has 0 amide bonds. The van der Waals surface area contributed by atoms with Crippen LogP contribution in [0.2, 0.25) is 13.1 Å². The van der Waals surface area contributed by atoms with Crippen molar-refractivity contribution in [3.8, 4) is 11.8 Å². The largest absolute Gasteiger partial charge is 0.465 e. The van der Waals surface area contributed by atoms with Crippen LogP contribution in [0.1, 0.15) is 27.2 Å². The molecule has 0 spiro atoms.